The number of nitrogens with zero attached hydrogens (tertiary/aromatic N) is 2. The third-order valence-corrected chi connectivity index (χ3v) is 4.73. The molecule has 0 unspecified atom stereocenters. The van der Waals surface area contributed by atoms with E-state index in [0.717, 1.165) is 16.4 Å². The number of halogens is 2. The predicted molar refractivity (Wildman–Crippen MR) is 69.3 cm³/mol. The highest BCUT2D eigenvalue weighted by Gasteiger charge is 2.24. The molecule has 0 fully saturated rings. The number of rotatable bonds is 5. The predicted octanol–water partition coefficient (Wildman–Crippen LogP) is 1.24. The van der Waals surface area contributed by atoms with Crippen LogP contribution in [0.2, 0.25) is 5.02 Å². The highest BCUT2D eigenvalue weighted by molar-refractivity contribution is 7.89. The molecule has 0 atom stereocenters. The van der Waals surface area contributed by atoms with Gasteiger partial charge in [-0.1, -0.05) is 16.8 Å². The van der Waals surface area contributed by atoms with Gasteiger partial charge in [0.05, 0.1) is 5.02 Å². The molecular formula is C10H13ClFN3O3S. The van der Waals surface area contributed by atoms with Gasteiger partial charge in [0.25, 0.3) is 0 Å². The molecule has 19 heavy (non-hydrogen) atoms. The number of sulfonamides is 1. The van der Waals surface area contributed by atoms with E-state index in [0.29, 0.717) is 0 Å². The summed E-state index contributed by atoms with van der Waals surface area (Å²) in [7, 11) is -2.63. The second kappa shape index (κ2) is 6.18. The quantitative estimate of drug-likeness (QED) is 0.370. The molecule has 6 nitrogen and oxygen atoms in total. The summed E-state index contributed by atoms with van der Waals surface area (Å²) in [5.74, 6) is -0.805. The van der Waals surface area contributed by atoms with E-state index in [-0.39, 0.29) is 28.7 Å². The fourth-order valence-corrected chi connectivity index (χ4v) is 2.94. The van der Waals surface area contributed by atoms with E-state index in [4.69, 9.17) is 22.5 Å². The molecular weight excluding hydrogens is 297 g/mol. The zero-order valence-electron chi connectivity index (χ0n) is 10.0. The molecule has 0 saturated heterocycles. The zero-order chi connectivity index (χ0) is 14.6. The number of amidine groups is 1. The van der Waals surface area contributed by atoms with Crippen LogP contribution >= 0.6 is 11.6 Å². The Bertz CT molecular complexity index is 592. The fourth-order valence-electron chi connectivity index (χ4n) is 1.28. The van der Waals surface area contributed by atoms with Gasteiger partial charge in [0.2, 0.25) is 10.0 Å². The normalized spacial score (nSPS) is 12.9. The summed E-state index contributed by atoms with van der Waals surface area (Å²) < 4.78 is 38.3. The Labute approximate surface area is 115 Å². The summed E-state index contributed by atoms with van der Waals surface area (Å²) in [6.07, 6.45) is 0.0408. The van der Waals surface area contributed by atoms with Crippen LogP contribution in [-0.4, -0.2) is 37.4 Å². The fraction of sp³-hybridized carbons (Fsp3) is 0.300. The first-order valence-corrected chi connectivity index (χ1v) is 6.98. The largest absolute Gasteiger partial charge is 0.409 e. The van der Waals surface area contributed by atoms with E-state index < -0.39 is 15.8 Å². The smallest absolute Gasteiger partial charge is 0.244 e. The molecule has 0 spiro atoms. The van der Waals surface area contributed by atoms with Crippen molar-refractivity contribution >= 4 is 27.5 Å². The Hall–Kier alpha value is -1.38. The second-order valence-electron chi connectivity index (χ2n) is 3.74. The van der Waals surface area contributed by atoms with Crippen molar-refractivity contribution < 1.29 is 18.0 Å². The van der Waals surface area contributed by atoms with Crippen molar-refractivity contribution in [2.24, 2.45) is 10.9 Å². The molecule has 0 aliphatic rings. The number of hydrogen-bond acceptors (Lipinski definition) is 4. The summed E-state index contributed by atoms with van der Waals surface area (Å²) in [6, 6.07) is 3.08. The van der Waals surface area contributed by atoms with E-state index in [9.17, 15) is 12.8 Å². The highest BCUT2D eigenvalue weighted by Crippen LogP contribution is 2.24. The second-order valence-corrected chi connectivity index (χ2v) is 6.16. The molecule has 0 heterocycles. The average Bonchev–Trinajstić information content (AvgIpc) is 2.37. The summed E-state index contributed by atoms with van der Waals surface area (Å²) >= 11 is 5.75. The van der Waals surface area contributed by atoms with Gasteiger partial charge in [-0.2, -0.15) is 0 Å². The lowest BCUT2D eigenvalue weighted by Gasteiger charge is -2.17. The first kappa shape index (κ1) is 15.7. The van der Waals surface area contributed by atoms with E-state index in [1.807, 2.05) is 0 Å². The third-order valence-electron chi connectivity index (χ3n) is 2.39. The maximum atomic E-state index is 13.1. The molecule has 0 bridgehead atoms. The Kier molecular flexibility index (Phi) is 5.10. The van der Waals surface area contributed by atoms with Gasteiger partial charge in [-0.3, -0.25) is 0 Å². The molecule has 1 aromatic carbocycles. The van der Waals surface area contributed by atoms with Crippen LogP contribution in [0.3, 0.4) is 0 Å². The van der Waals surface area contributed by atoms with Crippen LogP contribution in [0.25, 0.3) is 0 Å². The lowest BCUT2D eigenvalue weighted by atomic mass is 10.3. The van der Waals surface area contributed by atoms with E-state index in [2.05, 4.69) is 5.16 Å². The van der Waals surface area contributed by atoms with Gasteiger partial charge in [-0.05, 0) is 18.2 Å². The van der Waals surface area contributed by atoms with Gasteiger partial charge in [-0.25, -0.2) is 17.1 Å². The Morgan fingerprint density at radius 1 is 1.58 bits per heavy atom. The van der Waals surface area contributed by atoms with E-state index in [1.54, 1.807) is 0 Å². The van der Waals surface area contributed by atoms with Crippen LogP contribution in [0.4, 0.5) is 4.39 Å². The Morgan fingerprint density at radius 2 is 2.21 bits per heavy atom. The molecule has 0 radical (unpaired) electrons. The molecule has 1 rings (SSSR count). The van der Waals surface area contributed by atoms with Gasteiger partial charge < -0.3 is 10.9 Å². The summed E-state index contributed by atoms with van der Waals surface area (Å²) in [5, 5.41) is 11.0. The highest BCUT2D eigenvalue weighted by atomic mass is 35.5. The van der Waals surface area contributed by atoms with Crippen molar-refractivity contribution in [1.82, 2.24) is 4.31 Å². The number of benzene rings is 1. The topological polar surface area (TPSA) is 96.0 Å². The lowest BCUT2D eigenvalue weighted by Crippen LogP contribution is -2.31. The van der Waals surface area contributed by atoms with Crippen molar-refractivity contribution in [2.45, 2.75) is 11.3 Å². The number of nitrogens with two attached hydrogens (primary N) is 1. The van der Waals surface area contributed by atoms with Gasteiger partial charge in [0.15, 0.2) is 0 Å². The molecule has 1 aromatic rings. The standard InChI is InChI=1S/C10H13ClFN3O3S/c1-15(5-4-10(13)14-16)19(17,18)9-6-7(12)2-3-8(9)11/h2-3,6,16H,4-5H2,1H3,(H2,13,14). The van der Waals surface area contributed by atoms with Crippen molar-refractivity contribution in [2.75, 3.05) is 13.6 Å². The van der Waals surface area contributed by atoms with Crippen molar-refractivity contribution in [3.8, 4) is 0 Å². The zero-order valence-corrected chi connectivity index (χ0v) is 11.6. The number of hydrogen-bond donors (Lipinski definition) is 2. The lowest BCUT2D eigenvalue weighted by molar-refractivity contribution is 0.316. The van der Waals surface area contributed by atoms with Crippen molar-refractivity contribution in [3.05, 3.63) is 29.0 Å². The Balaban J connectivity index is 3.00. The molecule has 0 saturated carbocycles. The first-order valence-electron chi connectivity index (χ1n) is 5.17. The van der Waals surface area contributed by atoms with Crippen LogP contribution < -0.4 is 5.73 Å². The minimum atomic E-state index is -3.93. The average molecular weight is 310 g/mol. The molecule has 0 amide bonds. The summed E-state index contributed by atoms with van der Waals surface area (Å²) in [5.41, 5.74) is 5.25. The van der Waals surface area contributed by atoms with E-state index in [1.165, 1.54) is 13.1 Å². The minimum absolute atomic E-state index is 0.0227. The summed E-state index contributed by atoms with van der Waals surface area (Å²) in [6.45, 7) is -0.0227. The molecule has 0 aliphatic carbocycles. The van der Waals surface area contributed by atoms with Crippen molar-refractivity contribution in [1.29, 1.82) is 0 Å². The maximum absolute atomic E-state index is 13.1. The van der Waals surface area contributed by atoms with E-state index >= 15 is 0 Å². The van der Waals surface area contributed by atoms with Gasteiger partial charge in [0.1, 0.15) is 16.5 Å². The molecule has 3 N–H and O–H groups in total. The Morgan fingerprint density at radius 3 is 2.79 bits per heavy atom. The van der Waals surface area contributed by atoms with Gasteiger partial charge in [-0.15, -0.1) is 0 Å². The van der Waals surface area contributed by atoms with Crippen LogP contribution in [0.15, 0.2) is 28.3 Å². The molecule has 0 aromatic heterocycles. The van der Waals surface area contributed by atoms with Gasteiger partial charge >= 0.3 is 0 Å². The first-order chi connectivity index (χ1) is 8.78. The number of oxime groups is 1. The van der Waals surface area contributed by atoms with Crippen LogP contribution in [-0.2, 0) is 10.0 Å². The molecule has 0 aliphatic heterocycles. The molecule has 9 heteroatoms. The summed E-state index contributed by atoms with van der Waals surface area (Å²) in [4.78, 5) is -0.323. The van der Waals surface area contributed by atoms with Gasteiger partial charge in [0, 0.05) is 20.0 Å². The van der Waals surface area contributed by atoms with Crippen molar-refractivity contribution in [3.63, 3.8) is 0 Å². The SMILES string of the molecule is CN(CC/C(N)=N/O)S(=O)(=O)c1cc(F)ccc1Cl. The van der Waals surface area contributed by atoms with Crippen LogP contribution in [0.5, 0.6) is 0 Å². The van der Waals surface area contributed by atoms with Crippen LogP contribution in [0, 0.1) is 5.82 Å². The maximum Gasteiger partial charge on any atom is 0.244 e. The third kappa shape index (κ3) is 3.79. The van der Waals surface area contributed by atoms with Crippen LogP contribution in [0.1, 0.15) is 6.42 Å². The monoisotopic (exact) mass is 309 g/mol. The molecule has 106 valence electrons. The minimum Gasteiger partial charge on any atom is -0.409 e.